The molecule has 0 aliphatic heterocycles. The van der Waals surface area contributed by atoms with E-state index in [-0.39, 0.29) is 24.8 Å². The second-order valence-electron chi connectivity index (χ2n) is 5.96. The molecule has 0 unspecified atom stereocenters. The van der Waals surface area contributed by atoms with Crippen LogP contribution in [0.4, 0.5) is 5.13 Å². The van der Waals surface area contributed by atoms with Gasteiger partial charge in [0.05, 0.1) is 6.42 Å². The van der Waals surface area contributed by atoms with E-state index in [1.165, 1.54) is 16.9 Å². The Kier molecular flexibility index (Phi) is 7.57. The molecule has 0 aliphatic carbocycles. The van der Waals surface area contributed by atoms with Gasteiger partial charge in [0.1, 0.15) is 0 Å². The Bertz CT molecular complexity index is 901. The van der Waals surface area contributed by atoms with Crippen molar-refractivity contribution in [3.05, 3.63) is 71.8 Å². The topological polar surface area (TPSA) is 84.0 Å². The van der Waals surface area contributed by atoms with Gasteiger partial charge in [0, 0.05) is 18.7 Å². The molecule has 3 rings (SSSR count). The van der Waals surface area contributed by atoms with Crippen LogP contribution in [0.2, 0.25) is 0 Å². The van der Waals surface area contributed by atoms with Crippen LogP contribution in [-0.2, 0) is 21.8 Å². The first-order valence-electron chi connectivity index (χ1n) is 8.80. The lowest BCUT2D eigenvalue weighted by Gasteiger charge is -2.05. The summed E-state index contributed by atoms with van der Waals surface area (Å²) >= 11 is 2.92. The van der Waals surface area contributed by atoms with E-state index >= 15 is 0 Å². The van der Waals surface area contributed by atoms with Crippen LogP contribution in [0.15, 0.2) is 65.0 Å². The SMILES string of the molecule is O=C(Cc1ccccc1)NCCC(=O)Nc1nnc(SCc2ccccc2)s1. The lowest BCUT2D eigenvalue weighted by Crippen LogP contribution is -2.28. The number of anilines is 1. The second-order valence-corrected chi connectivity index (χ2v) is 8.16. The molecule has 144 valence electrons. The second kappa shape index (κ2) is 10.6. The average molecular weight is 413 g/mol. The molecule has 3 aromatic rings. The Morgan fingerprint density at radius 2 is 1.57 bits per heavy atom. The third-order valence-corrected chi connectivity index (χ3v) is 5.78. The zero-order valence-corrected chi connectivity index (χ0v) is 16.8. The molecule has 1 aromatic heterocycles. The molecule has 2 aromatic carbocycles. The van der Waals surface area contributed by atoms with Gasteiger partial charge in [0.2, 0.25) is 16.9 Å². The van der Waals surface area contributed by atoms with E-state index in [2.05, 4.69) is 33.0 Å². The number of hydrogen-bond acceptors (Lipinski definition) is 6. The van der Waals surface area contributed by atoms with Crippen LogP contribution in [0, 0.1) is 0 Å². The highest BCUT2D eigenvalue weighted by Crippen LogP contribution is 2.28. The van der Waals surface area contributed by atoms with Crippen LogP contribution in [-0.4, -0.2) is 28.6 Å². The van der Waals surface area contributed by atoms with Crippen LogP contribution < -0.4 is 10.6 Å². The highest BCUT2D eigenvalue weighted by atomic mass is 32.2. The van der Waals surface area contributed by atoms with Gasteiger partial charge in [-0.3, -0.25) is 9.59 Å². The van der Waals surface area contributed by atoms with Crippen LogP contribution in [0.1, 0.15) is 17.5 Å². The smallest absolute Gasteiger partial charge is 0.227 e. The number of carbonyl (C=O) groups is 2. The summed E-state index contributed by atoms with van der Waals surface area (Å²) in [5, 5.41) is 14.0. The third kappa shape index (κ3) is 6.79. The average Bonchev–Trinajstić information content (AvgIpc) is 3.15. The molecule has 0 saturated carbocycles. The van der Waals surface area contributed by atoms with Gasteiger partial charge in [-0.1, -0.05) is 83.8 Å². The van der Waals surface area contributed by atoms with Gasteiger partial charge in [0.25, 0.3) is 0 Å². The van der Waals surface area contributed by atoms with Crippen molar-refractivity contribution < 1.29 is 9.59 Å². The molecule has 0 bridgehead atoms. The van der Waals surface area contributed by atoms with Gasteiger partial charge in [0.15, 0.2) is 4.34 Å². The van der Waals surface area contributed by atoms with Gasteiger partial charge in [-0.15, -0.1) is 10.2 Å². The molecule has 2 N–H and O–H groups in total. The number of hydrogen-bond donors (Lipinski definition) is 2. The van der Waals surface area contributed by atoms with Gasteiger partial charge >= 0.3 is 0 Å². The Hall–Kier alpha value is -2.71. The lowest BCUT2D eigenvalue weighted by atomic mass is 10.1. The van der Waals surface area contributed by atoms with E-state index < -0.39 is 0 Å². The van der Waals surface area contributed by atoms with Gasteiger partial charge in [-0.05, 0) is 11.1 Å². The fourth-order valence-corrected chi connectivity index (χ4v) is 4.10. The summed E-state index contributed by atoms with van der Waals surface area (Å²) in [5.74, 6) is 0.502. The molecule has 0 spiro atoms. The number of nitrogens with zero attached hydrogens (tertiary/aromatic N) is 2. The highest BCUT2D eigenvalue weighted by Gasteiger charge is 2.10. The Morgan fingerprint density at radius 3 is 2.29 bits per heavy atom. The molecule has 2 amide bonds. The predicted octanol–water partition coefficient (Wildman–Crippen LogP) is 3.52. The number of nitrogens with one attached hydrogen (secondary N) is 2. The van der Waals surface area contributed by atoms with E-state index in [4.69, 9.17) is 0 Å². The molecule has 0 radical (unpaired) electrons. The van der Waals surface area contributed by atoms with E-state index in [9.17, 15) is 9.59 Å². The van der Waals surface area contributed by atoms with Crippen molar-refractivity contribution in [3.8, 4) is 0 Å². The Morgan fingerprint density at radius 1 is 0.893 bits per heavy atom. The molecule has 6 nitrogen and oxygen atoms in total. The van der Waals surface area contributed by atoms with Gasteiger partial charge in [-0.25, -0.2) is 0 Å². The van der Waals surface area contributed by atoms with Gasteiger partial charge < -0.3 is 10.6 Å². The fraction of sp³-hybridized carbons (Fsp3) is 0.200. The van der Waals surface area contributed by atoms with E-state index in [1.807, 2.05) is 48.5 Å². The molecule has 0 fully saturated rings. The van der Waals surface area contributed by atoms with Gasteiger partial charge in [-0.2, -0.15) is 0 Å². The van der Waals surface area contributed by atoms with Crippen molar-refractivity contribution in [2.45, 2.75) is 22.9 Å². The maximum atomic E-state index is 12.0. The van der Waals surface area contributed by atoms with Crippen molar-refractivity contribution in [2.24, 2.45) is 0 Å². The maximum absolute atomic E-state index is 12.0. The predicted molar refractivity (Wildman–Crippen MR) is 112 cm³/mol. The zero-order valence-electron chi connectivity index (χ0n) is 15.1. The van der Waals surface area contributed by atoms with E-state index in [0.29, 0.717) is 11.6 Å². The minimum atomic E-state index is -0.198. The molecular formula is C20H20N4O2S2. The monoisotopic (exact) mass is 412 g/mol. The largest absolute Gasteiger partial charge is 0.355 e. The summed E-state index contributed by atoms with van der Waals surface area (Å²) in [4.78, 5) is 23.9. The molecule has 1 heterocycles. The van der Waals surface area contributed by atoms with Crippen LogP contribution in [0.3, 0.4) is 0 Å². The number of thioether (sulfide) groups is 1. The first-order valence-corrected chi connectivity index (χ1v) is 10.6. The summed E-state index contributed by atoms with van der Waals surface area (Å²) in [5.41, 5.74) is 2.15. The first-order chi connectivity index (χ1) is 13.7. The molecule has 0 atom stereocenters. The summed E-state index contributed by atoms with van der Waals surface area (Å²) < 4.78 is 0.801. The minimum Gasteiger partial charge on any atom is -0.355 e. The molecular weight excluding hydrogens is 392 g/mol. The summed E-state index contributed by atoms with van der Waals surface area (Å²) in [6, 6.07) is 19.6. The number of aromatic nitrogens is 2. The Labute approximate surface area is 171 Å². The molecule has 8 heteroatoms. The van der Waals surface area contributed by atoms with Crippen LogP contribution in [0.25, 0.3) is 0 Å². The molecule has 0 saturated heterocycles. The Balaban J connectivity index is 1.35. The zero-order chi connectivity index (χ0) is 19.6. The summed E-state index contributed by atoms with van der Waals surface area (Å²) in [6.07, 6.45) is 0.494. The van der Waals surface area contributed by atoms with Crippen LogP contribution >= 0.6 is 23.1 Å². The lowest BCUT2D eigenvalue weighted by molar-refractivity contribution is -0.120. The number of amides is 2. The normalized spacial score (nSPS) is 10.4. The standard InChI is InChI=1S/C20H20N4O2S2/c25-17(11-12-21-18(26)13-15-7-3-1-4-8-15)22-19-23-24-20(28-19)27-14-16-9-5-2-6-10-16/h1-10H,11-14H2,(H,21,26)(H,22,23,25). The highest BCUT2D eigenvalue weighted by molar-refractivity contribution is 8.00. The minimum absolute atomic E-state index is 0.102. The number of rotatable bonds is 9. The van der Waals surface area contributed by atoms with Crippen molar-refractivity contribution in [2.75, 3.05) is 11.9 Å². The molecule has 28 heavy (non-hydrogen) atoms. The molecule has 0 aliphatic rings. The quantitative estimate of drug-likeness (QED) is 0.415. The van der Waals surface area contributed by atoms with E-state index in [0.717, 1.165) is 15.7 Å². The summed E-state index contributed by atoms with van der Waals surface area (Å²) in [7, 11) is 0. The van der Waals surface area contributed by atoms with Crippen LogP contribution in [0.5, 0.6) is 0 Å². The van der Waals surface area contributed by atoms with Crippen molar-refractivity contribution in [1.82, 2.24) is 15.5 Å². The first kappa shape index (κ1) is 20.0. The van der Waals surface area contributed by atoms with Crippen molar-refractivity contribution >= 4 is 40.0 Å². The summed E-state index contributed by atoms with van der Waals surface area (Å²) in [6.45, 7) is 0.284. The van der Waals surface area contributed by atoms with Crippen molar-refractivity contribution in [3.63, 3.8) is 0 Å². The number of carbonyl (C=O) groups excluding carboxylic acids is 2. The third-order valence-electron chi connectivity index (χ3n) is 3.74. The number of benzene rings is 2. The van der Waals surface area contributed by atoms with E-state index in [1.54, 1.807) is 11.8 Å². The van der Waals surface area contributed by atoms with Crippen molar-refractivity contribution in [1.29, 1.82) is 0 Å². The fourth-order valence-electron chi connectivity index (χ4n) is 2.38. The maximum Gasteiger partial charge on any atom is 0.227 e.